The zero-order valence-corrected chi connectivity index (χ0v) is 37.8. The van der Waals surface area contributed by atoms with E-state index in [9.17, 15) is 19.8 Å². The molecule has 0 aromatic heterocycles. The predicted octanol–water partition coefficient (Wildman–Crippen LogP) is 14.6. The summed E-state index contributed by atoms with van der Waals surface area (Å²) in [5.74, 6) is -0.468. The first-order valence-electron chi connectivity index (χ1n) is 24.9. The molecule has 0 heterocycles. The number of rotatable bonds is 45. The topological polar surface area (TPSA) is 95.9 Å². The molecule has 3 atom stereocenters. The van der Waals surface area contributed by atoms with Crippen LogP contribution in [-0.2, 0) is 14.3 Å². The number of aliphatic hydroxyl groups is 2. The molecule has 0 aliphatic heterocycles. The average molecular weight is 792 g/mol. The van der Waals surface area contributed by atoms with Crippen LogP contribution in [0.4, 0.5) is 0 Å². The first-order valence-corrected chi connectivity index (χ1v) is 24.9. The molecule has 56 heavy (non-hydrogen) atoms. The molecule has 0 aliphatic carbocycles. The lowest BCUT2D eigenvalue weighted by Crippen LogP contribution is -2.46. The number of ether oxygens (including phenoxy) is 1. The van der Waals surface area contributed by atoms with Gasteiger partial charge in [0.25, 0.3) is 0 Å². The minimum atomic E-state index is -0.780. The van der Waals surface area contributed by atoms with E-state index in [2.05, 4.69) is 38.2 Å². The van der Waals surface area contributed by atoms with Crippen molar-refractivity contribution in [3.8, 4) is 0 Å². The fraction of sp³-hybridized carbons (Fsp3) is 0.920. The van der Waals surface area contributed by atoms with Gasteiger partial charge in [0, 0.05) is 6.42 Å². The van der Waals surface area contributed by atoms with Crippen LogP contribution >= 0.6 is 0 Å². The Balaban J connectivity index is 4.40. The largest absolute Gasteiger partial charge is 0.462 e. The van der Waals surface area contributed by atoms with Crippen molar-refractivity contribution in [2.45, 2.75) is 289 Å². The second kappa shape index (κ2) is 44.7. The van der Waals surface area contributed by atoms with Gasteiger partial charge in [-0.05, 0) is 51.4 Å². The van der Waals surface area contributed by atoms with E-state index in [1.165, 1.54) is 180 Å². The number of unbranched alkanes of at least 4 members (excludes halogenated alkanes) is 31. The molecule has 3 N–H and O–H groups in total. The van der Waals surface area contributed by atoms with E-state index in [1.807, 2.05) is 0 Å². The second-order valence-electron chi connectivity index (χ2n) is 17.2. The first kappa shape index (κ1) is 54.6. The summed E-state index contributed by atoms with van der Waals surface area (Å²) in [4.78, 5) is 26.0. The highest BCUT2D eigenvalue weighted by atomic mass is 16.5. The van der Waals surface area contributed by atoms with Crippen molar-refractivity contribution in [2.24, 2.45) is 0 Å². The van der Waals surface area contributed by atoms with Gasteiger partial charge in [0.15, 0.2) is 0 Å². The average Bonchev–Trinajstić information content (AvgIpc) is 3.19. The number of esters is 1. The highest BCUT2D eigenvalue weighted by molar-refractivity contribution is 5.77. The highest BCUT2D eigenvalue weighted by Gasteiger charge is 2.24. The monoisotopic (exact) mass is 792 g/mol. The number of nitrogens with one attached hydrogen (secondary N) is 1. The van der Waals surface area contributed by atoms with E-state index < -0.39 is 18.2 Å². The molecule has 0 spiro atoms. The molecule has 332 valence electrons. The molecule has 0 radical (unpaired) electrons. The van der Waals surface area contributed by atoms with Gasteiger partial charge in [0.1, 0.15) is 6.10 Å². The Labute approximate surface area is 349 Å². The van der Waals surface area contributed by atoms with Crippen LogP contribution in [0.15, 0.2) is 12.2 Å². The SMILES string of the molecule is CCCCCCCC/C=C/CCCCCCCCCC(=O)OC(CCCCCCCCCC)CC(=O)NC(CO)C(O)CCCCCCCCCCCCCC. The van der Waals surface area contributed by atoms with Gasteiger partial charge in [-0.15, -0.1) is 0 Å². The van der Waals surface area contributed by atoms with Gasteiger partial charge >= 0.3 is 5.97 Å². The molecule has 3 unspecified atom stereocenters. The van der Waals surface area contributed by atoms with Gasteiger partial charge in [-0.25, -0.2) is 0 Å². The van der Waals surface area contributed by atoms with Crippen molar-refractivity contribution < 1.29 is 24.5 Å². The maximum atomic E-state index is 13.1. The molecule has 0 aliphatic rings. The second-order valence-corrected chi connectivity index (χ2v) is 17.2. The molecule has 0 rings (SSSR count). The molecular weight excluding hydrogens is 695 g/mol. The smallest absolute Gasteiger partial charge is 0.306 e. The fourth-order valence-corrected chi connectivity index (χ4v) is 7.78. The summed E-state index contributed by atoms with van der Waals surface area (Å²) >= 11 is 0. The lowest BCUT2D eigenvalue weighted by Gasteiger charge is -2.24. The van der Waals surface area contributed by atoms with Gasteiger partial charge in [-0.3, -0.25) is 9.59 Å². The summed E-state index contributed by atoms with van der Waals surface area (Å²) in [5, 5.41) is 23.7. The van der Waals surface area contributed by atoms with Crippen LogP contribution in [-0.4, -0.2) is 46.9 Å². The Bertz CT molecular complexity index is 847. The first-order chi connectivity index (χ1) is 27.5. The van der Waals surface area contributed by atoms with Gasteiger partial charge in [-0.2, -0.15) is 0 Å². The number of allylic oxidation sites excluding steroid dienone is 2. The normalized spacial score (nSPS) is 13.3. The highest BCUT2D eigenvalue weighted by Crippen LogP contribution is 2.18. The van der Waals surface area contributed by atoms with Crippen LogP contribution in [0.1, 0.15) is 271 Å². The number of hydrogen-bond donors (Lipinski definition) is 3. The van der Waals surface area contributed by atoms with Crippen molar-refractivity contribution in [3.63, 3.8) is 0 Å². The fourth-order valence-electron chi connectivity index (χ4n) is 7.78. The van der Waals surface area contributed by atoms with Crippen molar-refractivity contribution in [1.29, 1.82) is 0 Å². The number of amides is 1. The number of hydrogen-bond acceptors (Lipinski definition) is 5. The van der Waals surface area contributed by atoms with Crippen LogP contribution < -0.4 is 5.32 Å². The minimum absolute atomic E-state index is 0.0816. The third-order valence-electron chi connectivity index (χ3n) is 11.6. The van der Waals surface area contributed by atoms with Gasteiger partial charge < -0.3 is 20.3 Å². The van der Waals surface area contributed by atoms with Gasteiger partial charge in [0.2, 0.25) is 5.91 Å². The summed E-state index contributed by atoms with van der Waals surface area (Å²) in [6.45, 7) is 6.47. The lowest BCUT2D eigenvalue weighted by atomic mass is 10.0. The van der Waals surface area contributed by atoms with E-state index in [1.54, 1.807) is 0 Å². The quantitative estimate of drug-likeness (QED) is 0.0324. The molecule has 0 aromatic rings. The molecular formula is C50H97NO5. The molecule has 0 bridgehead atoms. The summed E-state index contributed by atoms with van der Waals surface area (Å²) in [6.07, 6.45) is 48.5. The molecule has 6 nitrogen and oxygen atoms in total. The number of carbonyl (C=O) groups excluding carboxylic acids is 2. The zero-order chi connectivity index (χ0) is 41.0. The summed E-state index contributed by atoms with van der Waals surface area (Å²) < 4.78 is 5.90. The van der Waals surface area contributed by atoms with E-state index >= 15 is 0 Å². The van der Waals surface area contributed by atoms with Crippen LogP contribution in [0.25, 0.3) is 0 Å². The standard InChI is InChI=1S/C50H97NO5/c1-4-7-10-13-16-19-21-23-24-25-26-27-29-31-34-37-40-43-50(55)56-46(41-38-35-32-18-15-12-9-6-3)44-49(54)51-47(45-52)48(53)42-39-36-33-30-28-22-20-17-14-11-8-5-2/h23-24,46-48,52-53H,4-22,25-45H2,1-3H3,(H,51,54)/b24-23+. The van der Waals surface area contributed by atoms with Gasteiger partial charge in [0.05, 0.1) is 25.2 Å². The third kappa shape index (κ3) is 39.4. The molecule has 6 heteroatoms. The maximum absolute atomic E-state index is 13.1. The Hall–Kier alpha value is -1.40. The van der Waals surface area contributed by atoms with Crippen LogP contribution in [0.2, 0.25) is 0 Å². The van der Waals surface area contributed by atoms with Crippen molar-refractivity contribution in [3.05, 3.63) is 12.2 Å². The van der Waals surface area contributed by atoms with Crippen LogP contribution in [0.5, 0.6) is 0 Å². The predicted molar refractivity (Wildman–Crippen MR) is 241 cm³/mol. The maximum Gasteiger partial charge on any atom is 0.306 e. The van der Waals surface area contributed by atoms with E-state index in [0.717, 1.165) is 44.9 Å². The number of carbonyl (C=O) groups is 2. The van der Waals surface area contributed by atoms with Crippen LogP contribution in [0, 0.1) is 0 Å². The zero-order valence-electron chi connectivity index (χ0n) is 37.8. The van der Waals surface area contributed by atoms with E-state index in [-0.39, 0.29) is 24.9 Å². The van der Waals surface area contributed by atoms with Crippen molar-refractivity contribution in [1.82, 2.24) is 5.32 Å². The van der Waals surface area contributed by atoms with Gasteiger partial charge in [-0.1, -0.05) is 219 Å². The summed E-state index contributed by atoms with van der Waals surface area (Å²) in [6, 6.07) is -0.693. The lowest BCUT2D eigenvalue weighted by molar-refractivity contribution is -0.151. The summed E-state index contributed by atoms with van der Waals surface area (Å²) in [5.41, 5.74) is 0. The molecule has 1 amide bonds. The van der Waals surface area contributed by atoms with Crippen molar-refractivity contribution in [2.75, 3.05) is 6.61 Å². The van der Waals surface area contributed by atoms with Crippen LogP contribution in [0.3, 0.4) is 0 Å². The molecule has 0 fully saturated rings. The third-order valence-corrected chi connectivity index (χ3v) is 11.6. The number of aliphatic hydroxyl groups excluding tert-OH is 2. The summed E-state index contributed by atoms with van der Waals surface area (Å²) in [7, 11) is 0. The molecule has 0 saturated carbocycles. The minimum Gasteiger partial charge on any atom is -0.462 e. The van der Waals surface area contributed by atoms with E-state index in [0.29, 0.717) is 19.3 Å². The molecule has 0 aromatic carbocycles. The Morgan fingerprint density at radius 2 is 0.857 bits per heavy atom. The van der Waals surface area contributed by atoms with E-state index in [4.69, 9.17) is 4.74 Å². The Morgan fingerprint density at radius 3 is 1.27 bits per heavy atom. The molecule has 0 saturated heterocycles. The Kier molecular flexibility index (Phi) is 43.6. The Morgan fingerprint density at radius 1 is 0.500 bits per heavy atom. The van der Waals surface area contributed by atoms with Crippen molar-refractivity contribution >= 4 is 11.9 Å².